The highest BCUT2D eigenvalue weighted by molar-refractivity contribution is 6.32. The number of carbonyl (C=O) groups excluding carboxylic acids is 1. The summed E-state index contributed by atoms with van der Waals surface area (Å²) in [7, 11) is 0. The number of allylic oxidation sites excluding steroid dienone is 2. The van der Waals surface area contributed by atoms with Crippen LogP contribution in [0, 0.1) is 0 Å². The van der Waals surface area contributed by atoms with E-state index in [0.29, 0.717) is 29.8 Å². The van der Waals surface area contributed by atoms with Gasteiger partial charge in [0.05, 0.1) is 6.20 Å². The number of aromatic nitrogens is 2. The first-order valence-corrected chi connectivity index (χ1v) is 9.99. The van der Waals surface area contributed by atoms with Gasteiger partial charge < -0.3 is 15.5 Å². The van der Waals surface area contributed by atoms with Crippen molar-refractivity contribution in [1.29, 1.82) is 0 Å². The first kappa shape index (κ1) is 20.9. The van der Waals surface area contributed by atoms with E-state index in [4.69, 9.17) is 11.6 Å². The van der Waals surface area contributed by atoms with Crippen LogP contribution in [-0.2, 0) is 17.8 Å². The number of likely N-dealkylation sites (tertiary alicyclic amines) is 1. The number of benzene rings is 1. The van der Waals surface area contributed by atoms with Crippen LogP contribution >= 0.6 is 11.6 Å². The number of anilines is 2. The van der Waals surface area contributed by atoms with Gasteiger partial charge in [-0.15, -0.1) is 0 Å². The fraction of sp³-hybridized carbons (Fsp3) is 0.318. The first-order valence-electron chi connectivity index (χ1n) is 9.61. The third-order valence-corrected chi connectivity index (χ3v) is 5.14. The molecule has 1 atom stereocenters. The predicted octanol–water partition coefficient (Wildman–Crippen LogP) is 4.06. The Hall–Kier alpha value is -2.86. The molecule has 7 heteroatoms. The Bertz CT molecular complexity index is 914. The summed E-state index contributed by atoms with van der Waals surface area (Å²) in [5.41, 5.74) is 3.07. The number of nitrogens with one attached hydrogen (secondary N) is 2. The molecule has 0 radical (unpaired) electrons. The van der Waals surface area contributed by atoms with Crippen LogP contribution in [0.5, 0.6) is 0 Å². The number of rotatable bonds is 9. The minimum absolute atomic E-state index is 0.00166. The molecule has 1 aromatic heterocycles. The maximum atomic E-state index is 11.6. The van der Waals surface area contributed by atoms with Gasteiger partial charge >= 0.3 is 0 Å². The van der Waals surface area contributed by atoms with Gasteiger partial charge in [0.1, 0.15) is 5.02 Å². The quantitative estimate of drug-likeness (QED) is 0.606. The van der Waals surface area contributed by atoms with Gasteiger partial charge in [0, 0.05) is 37.8 Å². The van der Waals surface area contributed by atoms with Gasteiger partial charge in [-0.3, -0.25) is 4.79 Å². The van der Waals surface area contributed by atoms with Gasteiger partial charge in [0.2, 0.25) is 5.95 Å². The third kappa shape index (κ3) is 5.81. The summed E-state index contributed by atoms with van der Waals surface area (Å²) in [6.45, 7) is 12.0. The average Bonchev–Trinajstić information content (AvgIpc) is 3.17. The maximum absolute atomic E-state index is 11.6. The summed E-state index contributed by atoms with van der Waals surface area (Å²) < 4.78 is 0. The summed E-state index contributed by atoms with van der Waals surface area (Å²) in [6.07, 6.45) is 4.31. The molecule has 3 rings (SSSR count). The molecule has 1 aromatic carbocycles. The fourth-order valence-electron chi connectivity index (χ4n) is 3.28. The van der Waals surface area contributed by atoms with Gasteiger partial charge in [0.15, 0.2) is 11.6 Å². The van der Waals surface area contributed by atoms with Crippen LogP contribution in [0.25, 0.3) is 0 Å². The lowest BCUT2D eigenvalue weighted by molar-refractivity contribution is -0.114. The summed E-state index contributed by atoms with van der Waals surface area (Å²) >= 11 is 6.27. The molecule has 2 heterocycles. The van der Waals surface area contributed by atoms with Crippen LogP contribution in [0.3, 0.4) is 0 Å². The molecular formula is C22H26ClN5O. The predicted molar refractivity (Wildman–Crippen MR) is 118 cm³/mol. The van der Waals surface area contributed by atoms with Gasteiger partial charge in [-0.05, 0) is 30.5 Å². The Morgan fingerprint density at radius 3 is 2.93 bits per heavy atom. The van der Waals surface area contributed by atoms with Crippen LogP contribution in [0.1, 0.15) is 24.5 Å². The standard InChI is InChI=1S/C22H26ClN5O/c1-4-19(29)11-16-6-5-7-17(10-16)12-24-21-20(23)13-25-22(27-21)26-18-8-9-28(14-18)15(2)3/h4-7,10,13,18H,1-2,8-9,11-12,14H2,3H3,(H2,24,25,26,27)/t18-/m1/s1. The molecule has 0 saturated carbocycles. The van der Waals surface area contributed by atoms with Crippen molar-refractivity contribution >= 4 is 29.2 Å². The minimum atomic E-state index is 0.00166. The molecule has 1 fully saturated rings. The van der Waals surface area contributed by atoms with Gasteiger partial charge in [-0.25, -0.2) is 4.98 Å². The van der Waals surface area contributed by atoms with E-state index in [1.54, 1.807) is 6.20 Å². The Morgan fingerprint density at radius 2 is 2.21 bits per heavy atom. The molecule has 0 spiro atoms. The van der Waals surface area contributed by atoms with Crippen LogP contribution < -0.4 is 10.6 Å². The highest BCUT2D eigenvalue weighted by atomic mass is 35.5. The summed E-state index contributed by atoms with van der Waals surface area (Å²) in [5, 5.41) is 7.10. The fourth-order valence-corrected chi connectivity index (χ4v) is 3.43. The van der Waals surface area contributed by atoms with Crippen molar-refractivity contribution in [2.45, 2.75) is 32.4 Å². The van der Waals surface area contributed by atoms with Crippen LogP contribution in [-0.4, -0.2) is 39.8 Å². The van der Waals surface area contributed by atoms with E-state index in [1.807, 2.05) is 31.2 Å². The second-order valence-corrected chi connectivity index (χ2v) is 7.63. The number of carbonyl (C=O) groups is 1. The molecule has 0 aliphatic carbocycles. The average molecular weight is 412 g/mol. The van der Waals surface area contributed by atoms with E-state index in [9.17, 15) is 4.79 Å². The lowest BCUT2D eigenvalue weighted by Crippen LogP contribution is -2.25. The lowest BCUT2D eigenvalue weighted by Gasteiger charge is -2.18. The lowest BCUT2D eigenvalue weighted by atomic mass is 10.1. The van der Waals surface area contributed by atoms with Crippen molar-refractivity contribution in [3.05, 3.63) is 71.5 Å². The van der Waals surface area contributed by atoms with E-state index in [0.717, 1.165) is 36.3 Å². The van der Waals surface area contributed by atoms with Crippen LogP contribution in [0.2, 0.25) is 5.02 Å². The zero-order chi connectivity index (χ0) is 20.8. The van der Waals surface area contributed by atoms with E-state index < -0.39 is 0 Å². The number of hydrogen-bond donors (Lipinski definition) is 2. The summed E-state index contributed by atoms with van der Waals surface area (Å²) in [4.78, 5) is 22.7. The van der Waals surface area contributed by atoms with Gasteiger partial charge in [-0.1, -0.05) is 49.0 Å². The smallest absolute Gasteiger partial charge is 0.224 e. The van der Waals surface area contributed by atoms with Crippen molar-refractivity contribution in [2.24, 2.45) is 0 Å². The van der Waals surface area contributed by atoms with E-state index in [1.165, 1.54) is 6.08 Å². The molecule has 1 aliphatic heterocycles. The number of halogens is 1. The molecule has 2 N–H and O–H groups in total. The van der Waals surface area contributed by atoms with Gasteiger partial charge in [-0.2, -0.15) is 4.98 Å². The second kappa shape index (κ2) is 9.56. The molecule has 1 saturated heterocycles. The Kier molecular flexibility index (Phi) is 6.88. The monoisotopic (exact) mass is 411 g/mol. The molecule has 1 aliphatic rings. The normalized spacial score (nSPS) is 15.8. The Morgan fingerprint density at radius 1 is 1.41 bits per heavy atom. The second-order valence-electron chi connectivity index (χ2n) is 7.22. The largest absolute Gasteiger partial charge is 0.373 e. The molecule has 29 heavy (non-hydrogen) atoms. The zero-order valence-corrected chi connectivity index (χ0v) is 17.4. The zero-order valence-electron chi connectivity index (χ0n) is 16.6. The molecule has 0 unspecified atom stereocenters. The molecule has 6 nitrogen and oxygen atoms in total. The minimum Gasteiger partial charge on any atom is -0.373 e. The van der Waals surface area contributed by atoms with E-state index in [-0.39, 0.29) is 11.8 Å². The highest BCUT2D eigenvalue weighted by Gasteiger charge is 2.22. The summed E-state index contributed by atoms with van der Waals surface area (Å²) in [6, 6.07) is 8.13. The van der Waals surface area contributed by atoms with E-state index >= 15 is 0 Å². The molecule has 2 aromatic rings. The number of ketones is 1. The molecule has 0 bridgehead atoms. The van der Waals surface area contributed by atoms with Crippen molar-refractivity contribution < 1.29 is 4.79 Å². The van der Waals surface area contributed by atoms with Crippen molar-refractivity contribution in [1.82, 2.24) is 14.9 Å². The van der Waals surface area contributed by atoms with Gasteiger partial charge in [0.25, 0.3) is 0 Å². The number of nitrogens with zero attached hydrogens (tertiary/aromatic N) is 3. The first-order chi connectivity index (χ1) is 13.9. The van der Waals surface area contributed by atoms with E-state index in [2.05, 4.69) is 38.7 Å². The third-order valence-electron chi connectivity index (χ3n) is 4.86. The Balaban J connectivity index is 1.62. The van der Waals surface area contributed by atoms with Crippen molar-refractivity contribution in [2.75, 3.05) is 23.7 Å². The van der Waals surface area contributed by atoms with Crippen LogP contribution in [0.4, 0.5) is 11.8 Å². The maximum Gasteiger partial charge on any atom is 0.224 e. The Labute approximate surface area is 176 Å². The molecular weight excluding hydrogens is 386 g/mol. The topological polar surface area (TPSA) is 70.2 Å². The summed E-state index contributed by atoms with van der Waals surface area (Å²) in [5.74, 6) is 1.13. The molecule has 0 amide bonds. The van der Waals surface area contributed by atoms with Crippen molar-refractivity contribution in [3.63, 3.8) is 0 Å². The van der Waals surface area contributed by atoms with Crippen molar-refractivity contribution in [3.8, 4) is 0 Å². The number of hydrogen-bond acceptors (Lipinski definition) is 6. The highest BCUT2D eigenvalue weighted by Crippen LogP contribution is 2.22. The SMILES string of the molecule is C=CC(=O)Cc1cccc(CNc2nc(N[C@@H]3CCN(C(=C)C)C3)ncc2Cl)c1. The molecule has 152 valence electrons. The van der Waals surface area contributed by atoms with Crippen LogP contribution in [0.15, 0.2) is 55.4 Å².